The van der Waals surface area contributed by atoms with Gasteiger partial charge in [0.15, 0.2) is 0 Å². The van der Waals surface area contributed by atoms with Crippen LogP contribution in [0.5, 0.6) is 5.75 Å². The van der Waals surface area contributed by atoms with Crippen molar-refractivity contribution in [1.29, 1.82) is 0 Å². The third-order valence-corrected chi connectivity index (χ3v) is 3.69. The zero-order valence-electron chi connectivity index (χ0n) is 12.2. The second-order valence-electron chi connectivity index (χ2n) is 4.95. The molecule has 6 heteroatoms. The number of phenolic OH excluding ortho intramolecular Hbond substituents is 1. The standard InChI is InChI=1S/C16H15ClN4O/c1-10(12-9-11(17)7-8-15(12)22)19-20-16-18-13-5-3-4-6-14(13)21(16)2/h3-9,22H,1-2H3,(H,18,20)/b19-10-. The van der Waals surface area contributed by atoms with Gasteiger partial charge in [-0.05, 0) is 37.3 Å². The summed E-state index contributed by atoms with van der Waals surface area (Å²) in [5.74, 6) is 0.763. The number of nitrogens with zero attached hydrogens (tertiary/aromatic N) is 3. The molecule has 0 aliphatic rings. The Balaban J connectivity index is 1.92. The minimum Gasteiger partial charge on any atom is -0.507 e. The normalized spacial score (nSPS) is 11.9. The zero-order chi connectivity index (χ0) is 15.7. The number of aromatic hydroxyl groups is 1. The lowest BCUT2D eigenvalue weighted by Gasteiger charge is -2.06. The molecule has 1 aromatic heterocycles. The van der Waals surface area contributed by atoms with Gasteiger partial charge in [-0.2, -0.15) is 5.10 Å². The molecule has 0 amide bonds. The van der Waals surface area contributed by atoms with E-state index in [-0.39, 0.29) is 5.75 Å². The van der Waals surface area contributed by atoms with Gasteiger partial charge >= 0.3 is 0 Å². The molecule has 2 aromatic carbocycles. The number of para-hydroxylation sites is 2. The van der Waals surface area contributed by atoms with Gasteiger partial charge in [-0.3, -0.25) is 0 Å². The minimum absolute atomic E-state index is 0.137. The van der Waals surface area contributed by atoms with Gasteiger partial charge in [0.2, 0.25) is 5.95 Å². The number of hydrogen-bond acceptors (Lipinski definition) is 4. The molecule has 112 valence electrons. The van der Waals surface area contributed by atoms with E-state index in [1.54, 1.807) is 25.1 Å². The quantitative estimate of drug-likeness (QED) is 0.571. The number of rotatable bonds is 3. The van der Waals surface area contributed by atoms with E-state index < -0.39 is 0 Å². The van der Waals surface area contributed by atoms with Crippen LogP contribution in [0.3, 0.4) is 0 Å². The van der Waals surface area contributed by atoms with Gasteiger partial charge in [0, 0.05) is 17.6 Å². The van der Waals surface area contributed by atoms with Crippen molar-refractivity contribution in [2.45, 2.75) is 6.92 Å². The molecule has 22 heavy (non-hydrogen) atoms. The summed E-state index contributed by atoms with van der Waals surface area (Å²) in [6.45, 7) is 1.79. The lowest BCUT2D eigenvalue weighted by atomic mass is 10.1. The molecule has 0 spiro atoms. The molecule has 0 fully saturated rings. The summed E-state index contributed by atoms with van der Waals surface area (Å²) in [4.78, 5) is 4.47. The number of benzene rings is 2. The van der Waals surface area contributed by atoms with E-state index in [0.29, 0.717) is 22.2 Å². The number of aryl methyl sites for hydroxylation is 1. The number of phenols is 1. The van der Waals surface area contributed by atoms with Crippen molar-refractivity contribution in [2.24, 2.45) is 12.1 Å². The van der Waals surface area contributed by atoms with Gasteiger partial charge in [-0.1, -0.05) is 23.7 Å². The van der Waals surface area contributed by atoms with E-state index in [4.69, 9.17) is 11.6 Å². The Morgan fingerprint density at radius 1 is 1.27 bits per heavy atom. The average molecular weight is 315 g/mol. The number of imidazole rings is 1. The number of nitrogens with one attached hydrogen (secondary N) is 1. The highest BCUT2D eigenvalue weighted by atomic mass is 35.5. The van der Waals surface area contributed by atoms with Crippen LogP contribution < -0.4 is 5.43 Å². The smallest absolute Gasteiger partial charge is 0.224 e. The molecular formula is C16H15ClN4O. The molecule has 0 atom stereocenters. The third-order valence-electron chi connectivity index (χ3n) is 3.46. The first-order valence-electron chi connectivity index (χ1n) is 6.77. The number of aromatic nitrogens is 2. The van der Waals surface area contributed by atoms with Crippen LogP contribution in [0.1, 0.15) is 12.5 Å². The van der Waals surface area contributed by atoms with Gasteiger partial charge in [0.05, 0.1) is 16.7 Å². The van der Waals surface area contributed by atoms with E-state index >= 15 is 0 Å². The molecule has 0 saturated carbocycles. The van der Waals surface area contributed by atoms with Crippen molar-refractivity contribution in [3.8, 4) is 5.75 Å². The van der Waals surface area contributed by atoms with Crippen molar-refractivity contribution >= 4 is 34.3 Å². The second kappa shape index (κ2) is 5.69. The Morgan fingerprint density at radius 3 is 2.82 bits per heavy atom. The maximum absolute atomic E-state index is 9.88. The number of fused-ring (bicyclic) bond motifs is 1. The van der Waals surface area contributed by atoms with Crippen LogP contribution >= 0.6 is 11.6 Å². The van der Waals surface area contributed by atoms with E-state index in [1.165, 1.54) is 0 Å². The van der Waals surface area contributed by atoms with Crippen LogP contribution in [-0.4, -0.2) is 20.4 Å². The number of hydrogen-bond donors (Lipinski definition) is 2. The maximum atomic E-state index is 9.88. The van der Waals surface area contributed by atoms with Crippen LogP contribution in [0.15, 0.2) is 47.6 Å². The summed E-state index contributed by atoms with van der Waals surface area (Å²) in [6, 6.07) is 12.7. The molecule has 3 aromatic rings. The van der Waals surface area contributed by atoms with Crippen LogP contribution in [-0.2, 0) is 7.05 Å². The molecule has 0 saturated heterocycles. The monoisotopic (exact) mass is 314 g/mol. The third kappa shape index (κ3) is 2.63. The van der Waals surface area contributed by atoms with Gasteiger partial charge in [-0.25, -0.2) is 10.4 Å². The highest BCUT2D eigenvalue weighted by Gasteiger charge is 2.08. The number of hydrazone groups is 1. The summed E-state index contributed by atoms with van der Waals surface area (Å²) in [6.07, 6.45) is 0. The largest absolute Gasteiger partial charge is 0.507 e. The molecule has 5 nitrogen and oxygen atoms in total. The van der Waals surface area contributed by atoms with Gasteiger partial charge in [0.1, 0.15) is 5.75 Å². The van der Waals surface area contributed by atoms with E-state index in [0.717, 1.165) is 11.0 Å². The predicted molar refractivity (Wildman–Crippen MR) is 89.7 cm³/mol. The first-order valence-corrected chi connectivity index (χ1v) is 7.14. The molecular weight excluding hydrogens is 300 g/mol. The van der Waals surface area contributed by atoms with E-state index in [9.17, 15) is 5.11 Å². The first-order chi connectivity index (χ1) is 10.6. The Hall–Kier alpha value is -2.53. The van der Waals surface area contributed by atoms with Crippen molar-refractivity contribution in [3.63, 3.8) is 0 Å². The Morgan fingerprint density at radius 2 is 2.05 bits per heavy atom. The molecule has 0 aliphatic carbocycles. The fourth-order valence-electron chi connectivity index (χ4n) is 2.24. The summed E-state index contributed by atoms with van der Waals surface area (Å²) < 4.78 is 1.92. The summed E-state index contributed by atoms with van der Waals surface area (Å²) in [5.41, 5.74) is 6.04. The Bertz CT molecular complexity index is 870. The molecule has 0 aliphatic heterocycles. The van der Waals surface area contributed by atoms with Crippen molar-refractivity contribution in [2.75, 3.05) is 5.43 Å². The fraction of sp³-hybridized carbons (Fsp3) is 0.125. The highest BCUT2D eigenvalue weighted by molar-refractivity contribution is 6.31. The maximum Gasteiger partial charge on any atom is 0.224 e. The fourth-order valence-corrected chi connectivity index (χ4v) is 2.41. The predicted octanol–water partition coefficient (Wildman–Crippen LogP) is 3.77. The summed E-state index contributed by atoms with van der Waals surface area (Å²) in [5, 5.41) is 14.7. The SMILES string of the molecule is C/C(=N/Nc1nc2ccccc2n1C)c1cc(Cl)ccc1O. The average Bonchev–Trinajstić information content (AvgIpc) is 2.84. The molecule has 0 bridgehead atoms. The van der Waals surface area contributed by atoms with Gasteiger partial charge in [-0.15, -0.1) is 0 Å². The zero-order valence-corrected chi connectivity index (χ0v) is 13.0. The molecule has 1 heterocycles. The topological polar surface area (TPSA) is 62.4 Å². The van der Waals surface area contributed by atoms with Crippen LogP contribution in [0.4, 0.5) is 5.95 Å². The Labute approximate surface area is 132 Å². The first kappa shape index (κ1) is 14.4. The van der Waals surface area contributed by atoms with E-state index in [2.05, 4.69) is 15.5 Å². The van der Waals surface area contributed by atoms with Crippen molar-refractivity contribution < 1.29 is 5.11 Å². The number of anilines is 1. The van der Waals surface area contributed by atoms with Crippen LogP contribution in [0, 0.1) is 0 Å². The van der Waals surface area contributed by atoms with Crippen LogP contribution in [0.25, 0.3) is 11.0 Å². The lowest BCUT2D eigenvalue weighted by molar-refractivity contribution is 0.474. The molecule has 0 unspecified atom stereocenters. The van der Waals surface area contributed by atoms with E-state index in [1.807, 2.05) is 35.9 Å². The van der Waals surface area contributed by atoms with Crippen molar-refractivity contribution in [3.05, 3.63) is 53.1 Å². The summed E-state index contributed by atoms with van der Waals surface area (Å²) in [7, 11) is 1.92. The highest BCUT2D eigenvalue weighted by Crippen LogP contribution is 2.23. The van der Waals surface area contributed by atoms with Gasteiger partial charge < -0.3 is 9.67 Å². The number of halogens is 1. The molecule has 0 radical (unpaired) electrons. The second-order valence-corrected chi connectivity index (χ2v) is 5.39. The molecule has 3 rings (SSSR count). The lowest BCUT2D eigenvalue weighted by Crippen LogP contribution is -2.03. The van der Waals surface area contributed by atoms with Crippen molar-refractivity contribution in [1.82, 2.24) is 9.55 Å². The molecule has 2 N–H and O–H groups in total. The Kier molecular flexibility index (Phi) is 3.73. The van der Waals surface area contributed by atoms with Crippen LogP contribution in [0.2, 0.25) is 5.02 Å². The summed E-state index contributed by atoms with van der Waals surface area (Å²) >= 11 is 5.95. The van der Waals surface area contributed by atoms with Gasteiger partial charge in [0.25, 0.3) is 0 Å². The minimum atomic E-state index is 0.137.